The van der Waals surface area contributed by atoms with Gasteiger partial charge in [-0.2, -0.15) is 0 Å². The van der Waals surface area contributed by atoms with Crippen LogP contribution < -0.4 is 0 Å². The Morgan fingerprint density at radius 3 is 1.55 bits per heavy atom. The van der Waals surface area contributed by atoms with Gasteiger partial charge in [0.25, 0.3) is 0 Å². The molecule has 0 atom stereocenters. The SMILES string of the molecule is c1ccc(-c2ccc3c(c2)c2cc(-c4ccc(-c5nc(-c6ccccc6)nc(-c6ccc7ccccc7c6)n5)cc4)ccc2c2c3nc3ccccn32)cc1. The minimum absolute atomic E-state index is 0.636. The first-order valence-corrected chi connectivity index (χ1v) is 18.5. The highest BCUT2D eigenvalue weighted by Gasteiger charge is 2.17. The summed E-state index contributed by atoms with van der Waals surface area (Å²) in [6.07, 6.45) is 2.11. The summed E-state index contributed by atoms with van der Waals surface area (Å²) in [5.41, 5.74) is 10.5. The van der Waals surface area contributed by atoms with E-state index in [9.17, 15) is 0 Å². The molecule has 0 aliphatic carbocycles. The quantitative estimate of drug-likeness (QED) is 0.168. The molecule has 0 radical (unpaired) electrons. The van der Waals surface area contributed by atoms with Gasteiger partial charge in [-0.3, -0.25) is 4.40 Å². The van der Waals surface area contributed by atoms with Crippen molar-refractivity contribution in [2.75, 3.05) is 0 Å². The highest BCUT2D eigenvalue weighted by molar-refractivity contribution is 6.25. The Bertz CT molecular complexity index is 3240. The Labute approximate surface area is 316 Å². The van der Waals surface area contributed by atoms with Crippen molar-refractivity contribution in [1.29, 1.82) is 0 Å². The molecule has 0 saturated heterocycles. The predicted molar refractivity (Wildman–Crippen MR) is 226 cm³/mol. The lowest BCUT2D eigenvalue weighted by Crippen LogP contribution is -2.00. The van der Waals surface area contributed by atoms with E-state index in [1.165, 1.54) is 32.7 Å². The van der Waals surface area contributed by atoms with Crippen LogP contribution in [0, 0.1) is 0 Å². The van der Waals surface area contributed by atoms with Crippen LogP contribution in [0.1, 0.15) is 0 Å². The van der Waals surface area contributed by atoms with E-state index in [2.05, 4.69) is 156 Å². The molecule has 11 rings (SSSR count). The zero-order valence-electron chi connectivity index (χ0n) is 29.6. The first-order valence-electron chi connectivity index (χ1n) is 18.5. The molecule has 0 saturated carbocycles. The number of pyridine rings is 1. The maximum absolute atomic E-state index is 5.13. The van der Waals surface area contributed by atoms with Gasteiger partial charge in [-0.05, 0) is 74.1 Å². The summed E-state index contributed by atoms with van der Waals surface area (Å²) >= 11 is 0. The summed E-state index contributed by atoms with van der Waals surface area (Å²) in [6, 6.07) is 63.8. The van der Waals surface area contributed by atoms with Gasteiger partial charge in [0.1, 0.15) is 5.65 Å². The van der Waals surface area contributed by atoms with Crippen molar-refractivity contribution in [2.24, 2.45) is 0 Å². The molecule has 0 N–H and O–H groups in total. The van der Waals surface area contributed by atoms with Gasteiger partial charge in [0.05, 0.1) is 11.0 Å². The lowest BCUT2D eigenvalue weighted by atomic mass is 9.93. The topological polar surface area (TPSA) is 56.0 Å². The van der Waals surface area contributed by atoms with Crippen LogP contribution in [0.2, 0.25) is 0 Å². The molecular weight excluding hydrogens is 671 g/mol. The molecule has 0 amide bonds. The van der Waals surface area contributed by atoms with Crippen LogP contribution in [-0.4, -0.2) is 24.3 Å². The largest absolute Gasteiger partial charge is 0.299 e. The molecule has 0 fully saturated rings. The highest BCUT2D eigenvalue weighted by Crippen LogP contribution is 2.39. The number of hydrogen-bond acceptors (Lipinski definition) is 4. The molecule has 5 nitrogen and oxygen atoms in total. The fourth-order valence-corrected chi connectivity index (χ4v) is 7.87. The first kappa shape index (κ1) is 31.1. The van der Waals surface area contributed by atoms with Gasteiger partial charge in [-0.15, -0.1) is 0 Å². The van der Waals surface area contributed by atoms with E-state index < -0.39 is 0 Å². The third-order valence-corrected chi connectivity index (χ3v) is 10.6. The van der Waals surface area contributed by atoms with E-state index >= 15 is 0 Å². The normalized spacial score (nSPS) is 11.6. The first-order chi connectivity index (χ1) is 27.2. The molecule has 3 heterocycles. The van der Waals surface area contributed by atoms with Crippen molar-refractivity contribution in [2.45, 2.75) is 0 Å². The molecule has 5 heteroatoms. The third-order valence-electron chi connectivity index (χ3n) is 10.6. The Morgan fingerprint density at radius 1 is 0.309 bits per heavy atom. The van der Waals surface area contributed by atoms with Crippen LogP contribution in [-0.2, 0) is 0 Å². The number of imidazole rings is 1. The van der Waals surface area contributed by atoms with E-state index in [1.807, 2.05) is 36.4 Å². The van der Waals surface area contributed by atoms with Crippen molar-refractivity contribution in [1.82, 2.24) is 24.3 Å². The van der Waals surface area contributed by atoms with Gasteiger partial charge in [0, 0.05) is 33.7 Å². The van der Waals surface area contributed by atoms with Gasteiger partial charge in [-0.1, -0.05) is 152 Å². The number of fused-ring (bicyclic) bond motifs is 9. The second kappa shape index (κ2) is 12.6. The molecular formula is C50H31N5. The molecule has 0 aliphatic heterocycles. The van der Waals surface area contributed by atoms with Gasteiger partial charge in [0.15, 0.2) is 17.5 Å². The standard InChI is InChI=1S/C50H31N5/c1-3-11-32(12-4-1)38-24-26-41-43(30-38)44-31-39(25-27-42(44)47-46(41)51-45-17-9-10-28-55(45)47)34-18-21-36(22-19-34)49-52-48(35-14-5-2-6-15-35)53-50(54-49)40-23-20-33-13-7-8-16-37(33)29-40/h1-31H. The number of nitrogens with zero attached hydrogens (tertiary/aromatic N) is 5. The Balaban J connectivity index is 1.05. The molecule has 8 aromatic carbocycles. The predicted octanol–water partition coefficient (Wildman–Crippen LogP) is 12.5. The summed E-state index contributed by atoms with van der Waals surface area (Å²) in [6.45, 7) is 0. The van der Waals surface area contributed by atoms with Crippen molar-refractivity contribution in [3.05, 3.63) is 188 Å². The second-order valence-electron chi connectivity index (χ2n) is 13.9. The van der Waals surface area contributed by atoms with Crippen LogP contribution >= 0.6 is 0 Å². The van der Waals surface area contributed by atoms with E-state index in [0.717, 1.165) is 55.3 Å². The van der Waals surface area contributed by atoms with E-state index in [1.54, 1.807) is 0 Å². The molecule has 256 valence electrons. The molecule has 55 heavy (non-hydrogen) atoms. The van der Waals surface area contributed by atoms with Gasteiger partial charge >= 0.3 is 0 Å². The lowest BCUT2D eigenvalue weighted by Gasteiger charge is -2.12. The van der Waals surface area contributed by atoms with Crippen LogP contribution in [0.15, 0.2) is 188 Å². The molecule has 0 bridgehead atoms. The number of rotatable bonds is 5. The van der Waals surface area contributed by atoms with E-state index in [0.29, 0.717) is 17.5 Å². The summed E-state index contributed by atoms with van der Waals surface area (Å²) in [4.78, 5) is 20.1. The minimum atomic E-state index is 0.636. The average Bonchev–Trinajstić information content (AvgIpc) is 3.66. The third kappa shape index (κ3) is 5.33. The zero-order chi connectivity index (χ0) is 36.3. The van der Waals surface area contributed by atoms with Crippen LogP contribution in [0.4, 0.5) is 0 Å². The fraction of sp³-hybridized carbons (Fsp3) is 0. The number of hydrogen-bond donors (Lipinski definition) is 0. The molecule has 0 unspecified atom stereocenters. The van der Waals surface area contributed by atoms with Crippen molar-refractivity contribution >= 4 is 49.0 Å². The maximum Gasteiger partial charge on any atom is 0.164 e. The number of aromatic nitrogens is 5. The number of benzene rings is 8. The van der Waals surface area contributed by atoms with Crippen LogP contribution in [0.5, 0.6) is 0 Å². The monoisotopic (exact) mass is 701 g/mol. The molecule has 11 aromatic rings. The fourth-order valence-electron chi connectivity index (χ4n) is 7.87. The highest BCUT2D eigenvalue weighted by atomic mass is 15.0. The lowest BCUT2D eigenvalue weighted by molar-refractivity contribution is 1.07. The molecule has 0 aliphatic rings. The summed E-state index contributed by atoms with van der Waals surface area (Å²) in [5, 5.41) is 7.02. The smallest absolute Gasteiger partial charge is 0.164 e. The van der Waals surface area contributed by atoms with Crippen LogP contribution in [0.25, 0.3) is 105 Å². The van der Waals surface area contributed by atoms with Crippen LogP contribution in [0.3, 0.4) is 0 Å². The van der Waals surface area contributed by atoms with E-state index in [-0.39, 0.29) is 0 Å². The van der Waals surface area contributed by atoms with Crippen molar-refractivity contribution < 1.29 is 0 Å². The minimum Gasteiger partial charge on any atom is -0.299 e. The maximum atomic E-state index is 5.13. The Morgan fingerprint density at radius 2 is 0.818 bits per heavy atom. The average molecular weight is 702 g/mol. The summed E-state index contributed by atoms with van der Waals surface area (Å²) in [7, 11) is 0. The summed E-state index contributed by atoms with van der Waals surface area (Å²) < 4.78 is 2.21. The zero-order valence-corrected chi connectivity index (χ0v) is 29.6. The second-order valence-corrected chi connectivity index (χ2v) is 13.9. The van der Waals surface area contributed by atoms with E-state index in [4.69, 9.17) is 19.9 Å². The van der Waals surface area contributed by atoms with Crippen molar-refractivity contribution in [3.63, 3.8) is 0 Å². The van der Waals surface area contributed by atoms with Gasteiger partial charge < -0.3 is 0 Å². The van der Waals surface area contributed by atoms with Gasteiger partial charge in [0.2, 0.25) is 0 Å². The molecule has 3 aromatic heterocycles. The summed E-state index contributed by atoms with van der Waals surface area (Å²) in [5.74, 6) is 1.93. The Hall–Kier alpha value is -7.50. The van der Waals surface area contributed by atoms with Crippen molar-refractivity contribution in [3.8, 4) is 56.4 Å². The Kier molecular flexibility index (Phi) is 7.10. The molecule has 0 spiro atoms. The van der Waals surface area contributed by atoms with Gasteiger partial charge in [-0.25, -0.2) is 19.9 Å².